The van der Waals surface area contributed by atoms with Gasteiger partial charge >= 0.3 is 0 Å². The standard InChI is InChI=1S/C12H25N5/c1-2-3-4-5-6-7-8-9-10-11-12-14-16-17-15-13/h2-12H2,1H3/b16-14+. The second-order valence-electron chi connectivity index (χ2n) is 4.32. The first-order valence-corrected chi connectivity index (χ1v) is 6.82. The molecule has 0 rings (SSSR count). The van der Waals surface area contributed by atoms with E-state index in [1.807, 2.05) is 0 Å². The molecule has 0 bridgehead atoms. The van der Waals surface area contributed by atoms with E-state index in [2.05, 4.69) is 27.4 Å². The van der Waals surface area contributed by atoms with Crippen LogP contribution in [0.5, 0.6) is 0 Å². The normalized spacial score (nSPS) is 10.6. The van der Waals surface area contributed by atoms with Crippen LogP contribution in [-0.4, -0.2) is 6.54 Å². The number of azide groups is 1. The molecule has 0 amide bonds. The largest absolute Gasteiger partial charge is 0.163 e. The molecule has 0 aromatic heterocycles. The van der Waals surface area contributed by atoms with Gasteiger partial charge < -0.3 is 0 Å². The van der Waals surface area contributed by atoms with Crippen molar-refractivity contribution in [3.05, 3.63) is 10.4 Å². The topological polar surface area (TPSA) is 73.5 Å². The van der Waals surface area contributed by atoms with Crippen LogP contribution in [0.15, 0.2) is 15.6 Å². The van der Waals surface area contributed by atoms with E-state index < -0.39 is 0 Å². The summed E-state index contributed by atoms with van der Waals surface area (Å²) in [6.07, 6.45) is 13.1. The Morgan fingerprint density at radius 1 is 0.824 bits per heavy atom. The van der Waals surface area contributed by atoms with E-state index in [4.69, 9.17) is 5.53 Å². The Kier molecular flexibility index (Phi) is 14.0. The van der Waals surface area contributed by atoms with Gasteiger partial charge in [0, 0.05) is 0 Å². The maximum Gasteiger partial charge on any atom is 0.0963 e. The highest BCUT2D eigenvalue weighted by Gasteiger charge is 1.92. The minimum atomic E-state index is 0.676. The minimum Gasteiger partial charge on any atom is -0.163 e. The molecule has 0 aromatic rings. The second kappa shape index (κ2) is 14.9. The summed E-state index contributed by atoms with van der Waals surface area (Å²) in [7, 11) is 0. The molecule has 0 aliphatic rings. The molecule has 0 radical (unpaired) electrons. The lowest BCUT2D eigenvalue weighted by molar-refractivity contribution is 0.556. The zero-order valence-corrected chi connectivity index (χ0v) is 11.0. The molecule has 98 valence electrons. The Morgan fingerprint density at radius 3 is 1.88 bits per heavy atom. The summed E-state index contributed by atoms with van der Waals surface area (Å²) < 4.78 is 0. The van der Waals surface area contributed by atoms with E-state index >= 15 is 0 Å². The van der Waals surface area contributed by atoms with Gasteiger partial charge in [-0.25, -0.2) is 0 Å². The molecular weight excluding hydrogens is 214 g/mol. The zero-order chi connectivity index (χ0) is 12.6. The number of hydrogen-bond donors (Lipinski definition) is 0. The van der Waals surface area contributed by atoms with E-state index in [0.717, 1.165) is 6.42 Å². The van der Waals surface area contributed by atoms with Crippen molar-refractivity contribution in [2.75, 3.05) is 6.54 Å². The van der Waals surface area contributed by atoms with E-state index in [9.17, 15) is 0 Å². The molecule has 0 spiro atoms. The smallest absolute Gasteiger partial charge is 0.0963 e. The quantitative estimate of drug-likeness (QED) is 0.140. The third kappa shape index (κ3) is 14.9. The van der Waals surface area contributed by atoms with Gasteiger partial charge in [-0.1, -0.05) is 69.8 Å². The predicted molar refractivity (Wildman–Crippen MR) is 70.7 cm³/mol. The fraction of sp³-hybridized carbons (Fsp3) is 1.00. The number of hydrogen-bond acceptors (Lipinski definition) is 1. The van der Waals surface area contributed by atoms with Crippen molar-refractivity contribution in [1.82, 2.24) is 0 Å². The average molecular weight is 239 g/mol. The monoisotopic (exact) mass is 239 g/mol. The third-order valence-corrected chi connectivity index (χ3v) is 2.75. The van der Waals surface area contributed by atoms with Crippen LogP contribution in [0.25, 0.3) is 10.4 Å². The molecule has 0 aliphatic carbocycles. The van der Waals surface area contributed by atoms with Crippen molar-refractivity contribution >= 4 is 0 Å². The summed E-state index contributed by atoms with van der Waals surface area (Å²) in [6.45, 7) is 2.93. The number of unbranched alkanes of at least 4 members (excludes halogenated alkanes) is 9. The van der Waals surface area contributed by atoms with Crippen molar-refractivity contribution < 1.29 is 0 Å². The third-order valence-electron chi connectivity index (χ3n) is 2.75. The highest BCUT2D eigenvalue weighted by molar-refractivity contribution is 4.48. The first-order chi connectivity index (χ1) is 8.41. The van der Waals surface area contributed by atoms with Gasteiger partial charge in [0.15, 0.2) is 0 Å². The van der Waals surface area contributed by atoms with E-state index in [1.165, 1.54) is 57.8 Å². The fourth-order valence-corrected chi connectivity index (χ4v) is 1.76. The van der Waals surface area contributed by atoms with Crippen LogP contribution in [0.2, 0.25) is 0 Å². The Morgan fingerprint density at radius 2 is 1.35 bits per heavy atom. The molecule has 17 heavy (non-hydrogen) atoms. The van der Waals surface area contributed by atoms with Crippen LogP contribution in [-0.2, 0) is 0 Å². The number of rotatable bonds is 12. The lowest BCUT2D eigenvalue weighted by atomic mass is 10.1. The molecule has 0 unspecified atom stereocenters. The van der Waals surface area contributed by atoms with Crippen LogP contribution in [0.3, 0.4) is 0 Å². The van der Waals surface area contributed by atoms with Crippen LogP contribution in [0.1, 0.15) is 71.1 Å². The van der Waals surface area contributed by atoms with Crippen LogP contribution >= 0.6 is 0 Å². The van der Waals surface area contributed by atoms with Gasteiger partial charge in [-0.2, -0.15) is 4.91 Å². The van der Waals surface area contributed by atoms with Gasteiger partial charge in [0.05, 0.1) is 17.0 Å². The fourth-order valence-electron chi connectivity index (χ4n) is 1.76. The summed E-state index contributed by atoms with van der Waals surface area (Å²) >= 11 is 0. The van der Waals surface area contributed by atoms with Crippen molar-refractivity contribution in [1.29, 1.82) is 0 Å². The molecule has 0 heterocycles. The molecule has 0 saturated carbocycles. The van der Waals surface area contributed by atoms with Gasteiger partial charge in [-0.05, 0) is 6.42 Å². The summed E-state index contributed by atoms with van der Waals surface area (Å²) in [5.41, 5.74) is 7.95. The molecule has 5 heteroatoms. The predicted octanol–water partition coefficient (Wildman–Crippen LogP) is 5.58. The SMILES string of the molecule is CCCCCCCCCCCC/N=N/N=[N+]=[N-]. The lowest BCUT2D eigenvalue weighted by Crippen LogP contribution is -1.83. The first-order valence-electron chi connectivity index (χ1n) is 6.82. The maximum atomic E-state index is 7.95. The Bertz CT molecular complexity index is 221. The van der Waals surface area contributed by atoms with Crippen LogP contribution in [0, 0.1) is 0 Å². The summed E-state index contributed by atoms with van der Waals surface area (Å²) in [5.74, 6) is 0. The van der Waals surface area contributed by atoms with Crippen molar-refractivity contribution in [2.24, 2.45) is 15.6 Å². The molecule has 0 aliphatic heterocycles. The van der Waals surface area contributed by atoms with Gasteiger partial charge in [-0.3, -0.25) is 0 Å². The van der Waals surface area contributed by atoms with Crippen LogP contribution in [0.4, 0.5) is 0 Å². The van der Waals surface area contributed by atoms with Gasteiger partial charge in [0.25, 0.3) is 0 Å². The molecule has 0 aromatic carbocycles. The Hall–Kier alpha value is -1.09. The lowest BCUT2D eigenvalue weighted by Gasteiger charge is -2.00. The summed E-state index contributed by atoms with van der Waals surface area (Å²) in [6, 6.07) is 0. The second-order valence-corrected chi connectivity index (χ2v) is 4.32. The van der Waals surface area contributed by atoms with Crippen molar-refractivity contribution in [3.8, 4) is 0 Å². The Balaban J connectivity index is 3.01. The van der Waals surface area contributed by atoms with Gasteiger partial charge in [0.2, 0.25) is 0 Å². The maximum absolute atomic E-state index is 7.95. The van der Waals surface area contributed by atoms with Crippen LogP contribution < -0.4 is 0 Å². The van der Waals surface area contributed by atoms with Gasteiger partial charge in [-0.15, -0.1) is 5.53 Å². The molecule has 5 nitrogen and oxygen atoms in total. The average Bonchev–Trinajstić information content (AvgIpc) is 2.35. The molecular formula is C12H25N5. The zero-order valence-electron chi connectivity index (χ0n) is 11.0. The minimum absolute atomic E-state index is 0.676. The van der Waals surface area contributed by atoms with Gasteiger partial charge in [0.1, 0.15) is 0 Å². The van der Waals surface area contributed by atoms with E-state index in [0.29, 0.717) is 6.54 Å². The van der Waals surface area contributed by atoms with Crippen molar-refractivity contribution in [2.45, 2.75) is 71.1 Å². The Labute approximate surface area is 104 Å². The summed E-state index contributed by atoms with van der Waals surface area (Å²) in [5, 5.41) is 10.0. The highest BCUT2D eigenvalue weighted by Crippen LogP contribution is 2.10. The number of nitrogens with zero attached hydrogens (tertiary/aromatic N) is 5. The van der Waals surface area contributed by atoms with Crippen molar-refractivity contribution in [3.63, 3.8) is 0 Å². The molecule has 0 N–H and O–H groups in total. The summed E-state index contributed by atoms with van der Waals surface area (Å²) in [4.78, 5) is 2.49. The molecule has 0 atom stereocenters. The van der Waals surface area contributed by atoms with E-state index in [-0.39, 0.29) is 0 Å². The highest BCUT2D eigenvalue weighted by atomic mass is 15.5. The molecule has 0 saturated heterocycles. The van der Waals surface area contributed by atoms with E-state index in [1.54, 1.807) is 0 Å². The first kappa shape index (κ1) is 15.9. The molecule has 0 fully saturated rings.